The SMILES string of the molecule is COc1cccc(C)c1C(=O)Nc1ccc2c(c1)B(O)OC2(C)C. The van der Waals surface area contributed by atoms with Gasteiger partial charge in [-0.15, -0.1) is 0 Å². The lowest BCUT2D eigenvalue weighted by atomic mass is 9.78. The van der Waals surface area contributed by atoms with Crippen LogP contribution in [0.15, 0.2) is 36.4 Å². The molecule has 2 aromatic rings. The highest BCUT2D eigenvalue weighted by Crippen LogP contribution is 2.31. The highest BCUT2D eigenvalue weighted by Gasteiger charge is 2.40. The fourth-order valence-electron chi connectivity index (χ4n) is 3.09. The third kappa shape index (κ3) is 2.79. The molecule has 2 aromatic carbocycles. The molecule has 0 bridgehead atoms. The molecule has 0 radical (unpaired) electrons. The smallest absolute Gasteiger partial charge is 0.492 e. The molecule has 1 heterocycles. The molecule has 2 N–H and O–H groups in total. The first-order valence-electron chi connectivity index (χ1n) is 7.79. The number of ether oxygens (including phenoxy) is 1. The maximum Gasteiger partial charge on any atom is 0.492 e. The van der Waals surface area contributed by atoms with Crippen LogP contribution in [0.5, 0.6) is 5.75 Å². The minimum Gasteiger partial charge on any atom is -0.496 e. The summed E-state index contributed by atoms with van der Waals surface area (Å²) in [4.78, 5) is 12.6. The zero-order chi connectivity index (χ0) is 17.5. The molecule has 124 valence electrons. The summed E-state index contributed by atoms with van der Waals surface area (Å²) in [5, 5.41) is 12.9. The van der Waals surface area contributed by atoms with Gasteiger partial charge in [0.15, 0.2) is 0 Å². The van der Waals surface area contributed by atoms with Gasteiger partial charge in [-0.05, 0) is 55.6 Å². The quantitative estimate of drug-likeness (QED) is 0.849. The molecule has 1 aliphatic heterocycles. The number of amides is 1. The Hall–Kier alpha value is -2.31. The van der Waals surface area contributed by atoms with Crippen LogP contribution in [0, 0.1) is 6.92 Å². The first kappa shape index (κ1) is 16.5. The Kier molecular flexibility index (Phi) is 4.11. The first-order valence-corrected chi connectivity index (χ1v) is 7.79. The van der Waals surface area contributed by atoms with Crippen molar-refractivity contribution in [2.75, 3.05) is 12.4 Å². The molecule has 1 aliphatic rings. The lowest BCUT2D eigenvalue weighted by Gasteiger charge is -2.19. The molecule has 0 spiro atoms. The predicted molar refractivity (Wildman–Crippen MR) is 93.8 cm³/mol. The summed E-state index contributed by atoms with van der Waals surface area (Å²) in [6.45, 7) is 5.66. The molecular formula is C18H20BNO4. The van der Waals surface area contributed by atoms with Crippen molar-refractivity contribution in [3.63, 3.8) is 0 Å². The number of carbonyl (C=O) groups is 1. The molecule has 0 aliphatic carbocycles. The van der Waals surface area contributed by atoms with Crippen molar-refractivity contribution in [2.24, 2.45) is 0 Å². The highest BCUT2D eigenvalue weighted by molar-refractivity contribution is 6.62. The van der Waals surface area contributed by atoms with Crippen molar-refractivity contribution < 1.29 is 19.2 Å². The molecule has 3 rings (SSSR count). The van der Waals surface area contributed by atoms with Gasteiger partial charge in [0.05, 0.1) is 18.3 Å². The van der Waals surface area contributed by atoms with Crippen molar-refractivity contribution in [1.82, 2.24) is 0 Å². The molecule has 0 saturated carbocycles. The van der Waals surface area contributed by atoms with Gasteiger partial charge in [0.25, 0.3) is 5.91 Å². The van der Waals surface area contributed by atoms with Gasteiger partial charge < -0.3 is 19.7 Å². The van der Waals surface area contributed by atoms with Crippen LogP contribution < -0.4 is 15.5 Å². The van der Waals surface area contributed by atoms with E-state index < -0.39 is 12.7 Å². The Morgan fingerprint density at radius 1 is 1.29 bits per heavy atom. The van der Waals surface area contributed by atoms with Crippen LogP contribution in [0.1, 0.15) is 35.3 Å². The third-order valence-electron chi connectivity index (χ3n) is 4.31. The van der Waals surface area contributed by atoms with Crippen LogP contribution in [0.2, 0.25) is 0 Å². The average molecular weight is 325 g/mol. The lowest BCUT2D eigenvalue weighted by molar-refractivity contribution is 0.100. The standard InChI is InChI=1S/C18H20BNO4/c1-11-6-5-7-15(23-4)16(11)17(21)20-12-8-9-13-14(10-12)19(22)24-18(13,2)3/h5-10,22H,1-4H3,(H,20,21). The van der Waals surface area contributed by atoms with Gasteiger partial charge in [0, 0.05) is 5.69 Å². The van der Waals surface area contributed by atoms with Crippen LogP contribution in [0.25, 0.3) is 0 Å². The highest BCUT2D eigenvalue weighted by atomic mass is 16.5. The molecule has 5 nitrogen and oxygen atoms in total. The van der Waals surface area contributed by atoms with Crippen molar-refractivity contribution in [1.29, 1.82) is 0 Å². The number of benzene rings is 2. The van der Waals surface area contributed by atoms with E-state index in [9.17, 15) is 9.82 Å². The van der Waals surface area contributed by atoms with Gasteiger partial charge in [-0.3, -0.25) is 4.79 Å². The second kappa shape index (κ2) is 5.96. The van der Waals surface area contributed by atoms with Crippen molar-refractivity contribution in [3.8, 4) is 5.75 Å². The van der Waals surface area contributed by atoms with Gasteiger partial charge in [-0.1, -0.05) is 18.2 Å². The lowest BCUT2D eigenvalue weighted by Crippen LogP contribution is -2.29. The normalized spacial score (nSPS) is 15.1. The maximum atomic E-state index is 12.6. The zero-order valence-corrected chi connectivity index (χ0v) is 14.2. The van der Waals surface area contributed by atoms with Gasteiger partial charge in [0.2, 0.25) is 0 Å². The number of fused-ring (bicyclic) bond motifs is 1. The topological polar surface area (TPSA) is 67.8 Å². The summed E-state index contributed by atoms with van der Waals surface area (Å²) in [5.41, 5.74) is 2.98. The van der Waals surface area contributed by atoms with E-state index in [1.165, 1.54) is 7.11 Å². The third-order valence-corrected chi connectivity index (χ3v) is 4.31. The number of carbonyl (C=O) groups excluding carboxylic acids is 1. The summed E-state index contributed by atoms with van der Waals surface area (Å²) in [6, 6.07) is 10.9. The predicted octanol–water partition coefficient (Wildman–Crippen LogP) is 2.21. The number of methoxy groups -OCH3 is 1. The van der Waals surface area contributed by atoms with E-state index in [0.29, 0.717) is 22.5 Å². The van der Waals surface area contributed by atoms with Crippen LogP contribution >= 0.6 is 0 Å². The van der Waals surface area contributed by atoms with Crippen LogP contribution in [-0.2, 0) is 10.3 Å². The molecular weight excluding hydrogens is 305 g/mol. The van der Waals surface area contributed by atoms with Crippen molar-refractivity contribution in [2.45, 2.75) is 26.4 Å². The Labute approximate surface area is 141 Å². The van der Waals surface area contributed by atoms with Crippen LogP contribution in [0.4, 0.5) is 5.69 Å². The molecule has 1 amide bonds. The van der Waals surface area contributed by atoms with Crippen molar-refractivity contribution >= 4 is 24.2 Å². The summed E-state index contributed by atoms with van der Waals surface area (Å²) in [6.07, 6.45) is 0. The van der Waals surface area contributed by atoms with Crippen molar-refractivity contribution in [3.05, 3.63) is 53.1 Å². The second-order valence-electron chi connectivity index (χ2n) is 6.39. The number of aryl methyl sites for hydroxylation is 1. The number of hydrogen-bond donors (Lipinski definition) is 2. The summed E-state index contributed by atoms with van der Waals surface area (Å²) in [5.74, 6) is 0.274. The molecule has 6 heteroatoms. The van der Waals surface area contributed by atoms with E-state index in [1.807, 2.05) is 45.0 Å². The zero-order valence-electron chi connectivity index (χ0n) is 14.2. The molecule has 0 saturated heterocycles. The average Bonchev–Trinajstić information content (AvgIpc) is 2.75. The Morgan fingerprint density at radius 2 is 2.04 bits per heavy atom. The molecule has 0 atom stereocenters. The minimum atomic E-state index is -0.986. The van der Waals surface area contributed by atoms with E-state index in [2.05, 4.69) is 5.32 Å². The minimum absolute atomic E-state index is 0.252. The molecule has 24 heavy (non-hydrogen) atoms. The summed E-state index contributed by atoms with van der Waals surface area (Å²) < 4.78 is 10.8. The fourth-order valence-corrected chi connectivity index (χ4v) is 3.09. The van der Waals surface area contributed by atoms with Gasteiger partial charge in [0.1, 0.15) is 5.75 Å². The van der Waals surface area contributed by atoms with Gasteiger partial charge in [-0.2, -0.15) is 0 Å². The number of hydrogen-bond acceptors (Lipinski definition) is 4. The number of nitrogens with one attached hydrogen (secondary N) is 1. The number of rotatable bonds is 3. The second-order valence-corrected chi connectivity index (χ2v) is 6.39. The van der Waals surface area contributed by atoms with E-state index >= 15 is 0 Å². The Bertz CT molecular complexity index is 804. The molecule has 0 fully saturated rings. The summed E-state index contributed by atoms with van der Waals surface area (Å²) in [7, 11) is 0.552. The van der Waals surface area contributed by atoms with E-state index in [-0.39, 0.29) is 5.91 Å². The van der Waals surface area contributed by atoms with E-state index in [1.54, 1.807) is 12.1 Å². The molecule has 0 aromatic heterocycles. The number of anilines is 1. The van der Waals surface area contributed by atoms with Gasteiger partial charge >= 0.3 is 7.12 Å². The first-order chi connectivity index (χ1) is 11.3. The summed E-state index contributed by atoms with van der Waals surface area (Å²) >= 11 is 0. The Balaban J connectivity index is 1.91. The van der Waals surface area contributed by atoms with Gasteiger partial charge in [-0.25, -0.2) is 0 Å². The monoisotopic (exact) mass is 325 g/mol. The fraction of sp³-hybridized carbons (Fsp3) is 0.278. The molecule has 0 unspecified atom stereocenters. The Morgan fingerprint density at radius 3 is 2.75 bits per heavy atom. The van der Waals surface area contributed by atoms with E-state index in [0.717, 1.165) is 11.1 Å². The van der Waals surface area contributed by atoms with Crippen LogP contribution in [-0.4, -0.2) is 25.2 Å². The van der Waals surface area contributed by atoms with Crippen LogP contribution in [0.3, 0.4) is 0 Å². The largest absolute Gasteiger partial charge is 0.496 e. The van der Waals surface area contributed by atoms with E-state index in [4.69, 9.17) is 9.39 Å². The maximum absolute atomic E-state index is 12.6.